The molecule has 4 aromatic carbocycles. The van der Waals surface area contributed by atoms with E-state index < -0.39 is 0 Å². The number of anilines is 1. The van der Waals surface area contributed by atoms with Crippen LogP contribution in [0.2, 0.25) is 0 Å². The molecule has 0 N–H and O–H groups in total. The van der Waals surface area contributed by atoms with Crippen molar-refractivity contribution in [1.29, 1.82) is 0 Å². The average molecular weight is 747 g/mol. The Bertz CT molecular complexity index is 2650. The average Bonchev–Trinajstić information content (AvgIpc) is 3.20. The van der Waals surface area contributed by atoms with Gasteiger partial charge in [0.25, 0.3) is 13.4 Å². The fraction of sp³-hybridized carbons (Fsp3) is 0.245. The van der Waals surface area contributed by atoms with Gasteiger partial charge in [-0.15, -0.1) is 0 Å². The van der Waals surface area contributed by atoms with Crippen LogP contribution in [-0.2, 0) is 10.8 Å². The Kier molecular flexibility index (Phi) is 7.42. The molecule has 2 atom stereocenters. The molecular formula is C49H44B2N2O4. The molecule has 6 aliphatic rings. The van der Waals surface area contributed by atoms with E-state index in [1.165, 1.54) is 5.69 Å². The first-order valence-corrected chi connectivity index (χ1v) is 20.3. The second kappa shape index (κ2) is 12.3. The zero-order chi connectivity index (χ0) is 38.8. The van der Waals surface area contributed by atoms with Gasteiger partial charge in [-0.3, -0.25) is 0 Å². The van der Waals surface area contributed by atoms with Crippen LogP contribution in [0.15, 0.2) is 133 Å². The maximum atomic E-state index is 7.08. The lowest BCUT2D eigenvalue weighted by atomic mass is 9.31. The first kappa shape index (κ1) is 34.4. The number of hydrogen-bond donors (Lipinski definition) is 0. The van der Waals surface area contributed by atoms with Crippen molar-refractivity contribution in [2.24, 2.45) is 0 Å². The molecule has 0 radical (unpaired) electrons. The van der Waals surface area contributed by atoms with E-state index in [2.05, 4.69) is 162 Å². The van der Waals surface area contributed by atoms with Crippen molar-refractivity contribution in [1.82, 2.24) is 4.98 Å². The number of hydrogen-bond acceptors (Lipinski definition) is 6. The summed E-state index contributed by atoms with van der Waals surface area (Å²) in [5.41, 5.74) is 9.67. The lowest BCUT2D eigenvalue weighted by molar-refractivity contribution is 0.379. The van der Waals surface area contributed by atoms with Gasteiger partial charge in [0.15, 0.2) is 0 Å². The highest BCUT2D eigenvalue weighted by Crippen LogP contribution is 2.43. The van der Waals surface area contributed by atoms with Crippen molar-refractivity contribution in [3.8, 4) is 40.5 Å². The van der Waals surface area contributed by atoms with E-state index >= 15 is 0 Å². The van der Waals surface area contributed by atoms with E-state index in [0.717, 1.165) is 91.3 Å². The maximum absolute atomic E-state index is 7.08. The van der Waals surface area contributed by atoms with Crippen LogP contribution in [0.3, 0.4) is 0 Å². The van der Waals surface area contributed by atoms with Crippen LogP contribution in [0.25, 0.3) is 0 Å². The monoisotopic (exact) mass is 746 g/mol. The van der Waals surface area contributed by atoms with E-state index in [-0.39, 0.29) is 36.3 Å². The molecule has 0 fully saturated rings. The predicted molar refractivity (Wildman–Crippen MR) is 232 cm³/mol. The molecule has 280 valence electrons. The summed E-state index contributed by atoms with van der Waals surface area (Å²) in [4.78, 5) is 7.85. The quantitative estimate of drug-likeness (QED) is 0.171. The minimum atomic E-state index is -0.131. The summed E-state index contributed by atoms with van der Waals surface area (Å²) >= 11 is 0. The second-order valence-electron chi connectivity index (χ2n) is 18.2. The summed E-state index contributed by atoms with van der Waals surface area (Å²) in [5, 5.41) is 0. The van der Waals surface area contributed by atoms with Gasteiger partial charge in [0.2, 0.25) is 11.8 Å². The minimum absolute atomic E-state index is 0.0974. The van der Waals surface area contributed by atoms with Crippen LogP contribution in [0, 0.1) is 0 Å². The summed E-state index contributed by atoms with van der Waals surface area (Å²) in [5.74, 6) is 6.28. The molecule has 5 aromatic rings. The van der Waals surface area contributed by atoms with Gasteiger partial charge < -0.3 is 23.8 Å². The highest BCUT2D eigenvalue weighted by atomic mass is 16.5. The molecule has 2 aliphatic carbocycles. The van der Waals surface area contributed by atoms with Gasteiger partial charge in [-0.25, -0.2) is 0 Å². The van der Waals surface area contributed by atoms with Crippen LogP contribution >= 0.6 is 0 Å². The highest BCUT2D eigenvalue weighted by Gasteiger charge is 2.48. The largest absolute Gasteiger partial charge is 0.463 e. The number of aromatic nitrogens is 1. The maximum Gasteiger partial charge on any atom is 0.262 e. The van der Waals surface area contributed by atoms with E-state index in [9.17, 15) is 0 Å². The molecule has 5 heterocycles. The standard InChI is InChI=1S/C49H44B2N2O4/c1-48(2,3)29-23-40-44-42(25-29)56-46-36(50(44)34-19-13-14-20-38(34)54-40)28-37-47(52-46)57-43-26-30(49(4,5)6)24-41-45(43)51(37)35-22-21-33(27-39(35)55-41)53(31-15-9-7-10-16-31)32-17-11-8-12-18-32/h7-17,19-26,28,32-33H,18,27H2,1-6H3. The molecule has 1 aromatic heterocycles. The van der Waals surface area contributed by atoms with Gasteiger partial charge in [0, 0.05) is 23.0 Å². The number of nitrogens with zero attached hydrogens (tertiary/aromatic N) is 2. The Hall–Kier alpha value is -5.88. The molecule has 8 heteroatoms. The third-order valence-corrected chi connectivity index (χ3v) is 12.5. The van der Waals surface area contributed by atoms with Gasteiger partial charge in [-0.2, -0.15) is 4.98 Å². The second-order valence-corrected chi connectivity index (χ2v) is 18.2. The zero-order valence-corrected chi connectivity index (χ0v) is 33.3. The smallest absolute Gasteiger partial charge is 0.262 e. The molecular weight excluding hydrogens is 702 g/mol. The number of para-hydroxylation sites is 2. The van der Waals surface area contributed by atoms with Crippen molar-refractivity contribution in [2.45, 2.75) is 77.3 Å². The van der Waals surface area contributed by atoms with Crippen LogP contribution in [0.4, 0.5) is 5.69 Å². The topological polar surface area (TPSA) is 53.1 Å². The first-order chi connectivity index (χ1) is 27.5. The zero-order valence-electron chi connectivity index (χ0n) is 33.3. The minimum Gasteiger partial charge on any atom is -0.463 e. The number of rotatable bonds is 3. The predicted octanol–water partition coefficient (Wildman–Crippen LogP) is 8.02. The van der Waals surface area contributed by atoms with Gasteiger partial charge in [-0.05, 0) is 92.7 Å². The normalized spacial score (nSPS) is 19.1. The van der Waals surface area contributed by atoms with Crippen molar-refractivity contribution in [3.63, 3.8) is 0 Å². The van der Waals surface area contributed by atoms with E-state index in [1.807, 2.05) is 6.07 Å². The van der Waals surface area contributed by atoms with Gasteiger partial charge in [0.05, 0.1) is 12.1 Å². The summed E-state index contributed by atoms with van der Waals surface area (Å²) < 4.78 is 27.4. The molecule has 0 saturated carbocycles. The Morgan fingerprint density at radius 2 is 1.21 bits per heavy atom. The van der Waals surface area contributed by atoms with Crippen molar-refractivity contribution >= 4 is 46.4 Å². The Labute approximate surface area is 335 Å². The summed E-state index contributed by atoms with van der Waals surface area (Å²) in [7, 11) is 0. The Morgan fingerprint density at radius 1 is 0.596 bits per heavy atom. The SMILES string of the molecule is CC(C)(C)c1cc2c3c(c1)Oc1nc4c(cc1B3C1=C(CC(N(c3ccccc3)C3C=CC=CC3)C=C1)O2)B1c2ccccc2Oc2cc(C(C)(C)C)cc(c21)O4. The molecule has 57 heavy (non-hydrogen) atoms. The van der Waals surface area contributed by atoms with Crippen LogP contribution < -0.4 is 51.2 Å². The molecule has 6 nitrogen and oxygen atoms in total. The molecule has 0 spiro atoms. The Morgan fingerprint density at radius 3 is 1.88 bits per heavy atom. The first-order valence-electron chi connectivity index (χ1n) is 20.3. The number of pyridine rings is 1. The van der Waals surface area contributed by atoms with Crippen LogP contribution in [-0.4, -0.2) is 30.5 Å². The van der Waals surface area contributed by atoms with E-state index in [0.29, 0.717) is 11.8 Å². The van der Waals surface area contributed by atoms with E-state index in [4.69, 9.17) is 23.9 Å². The van der Waals surface area contributed by atoms with Gasteiger partial charge >= 0.3 is 0 Å². The molecule has 4 aliphatic heterocycles. The lowest BCUT2D eigenvalue weighted by Gasteiger charge is -2.42. The van der Waals surface area contributed by atoms with Crippen LogP contribution in [0.1, 0.15) is 65.5 Å². The van der Waals surface area contributed by atoms with Crippen molar-refractivity contribution in [2.75, 3.05) is 4.90 Å². The van der Waals surface area contributed by atoms with E-state index in [1.54, 1.807) is 0 Å². The number of fused-ring (bicyclic) bond motifs is 7. The molecule has 0 bridgehead atoms. The number of allylic oxidation sites excluding steroid dienone is 4. The third-order valence-electron chi connectivity index (χ3n) is 12.5. The van der Waals surface area contributed by atoms with Crippen molar-refractivity contribution in [3.05, 3.63) is 144 Å². The lowest BCUT2D eigenvalue weighted by Crippen LogP contribution is -2.60. The Balaban J connectivity index is 1.08. The molecule has 2 unspecified atom stereocenters. The van der Waals surface area contributed by atoms with Gasteiger partial charge in [0.1, 0.15) is 34.5 Å². The summed E-state index contributed by atoms with van der Waals surface area (Å²) in [6, 6.07) is 30.6. The van der Waals surface area contributed by atoms with Crippen molar-refractivity contribution < 1.29 is 18.9 Å². The molecule has 11 rings (SSSR count). The summed E-state index contributed by atoms with van der Waals surface area (Å²) in [6.07, 6.45) is 15.3. The molecule has 0 amide bonds. The molecule has 0 saturated heterocycles. The summed E-state index contributed by atoms with van der Waals surface area (Å²) in [6.45, 7) is 13.1. The van der Waals surface area contributed by atoms with Gasteiger partial charge in [-0.1, -0.05) is 120 Å². The fourth-order valence-corrected chi connectivity index (χ4v) is 9.53. The highest BCUT2D eigenvalue weighted by molar-refractivity contribution is 6.99. The number of benzene rings is 4. The van der Waals surface area contributed by atoms with Crippen LogP contribution in [0.5, 0.6) is 40.5 Å². The number of ether oxygens (including phenoxy) is 4. The third kappa shape index (κ3) is 5.44. The fourth-order valence-electron chi connectivity index (χ4n) is 9.53.